The molecular formula is C15H25O3P. The molecule has 3 nitrogen and oxygen atoms in total. The van der Waals surface area contributed by atoms with Crippen LogP contribution in [0.3, 0.4) is 0 Å². The van der Waals surface area contributed by atoms with Gasteiger partial charge in [0.15, 0.2) is 0 Å². The molecule has 0 radical (unpaired) electrons. The van der Waals surface area contributed by atoms with Gasteiger partial charge in [0.1, 0.15) is 0 Å². The Kier molecular flexibility index (Phi) is 5.87. The number of hydrogen-bond acceptors (Lipinski definition) is 3. The molecular weight excluding hydrogens is 259 g/mol. The minimum Gasteiger partial charge on any atom is -0.308 e. The Morgan fingerprint density at radius 3 is 1.79 bits per heavy atom. The van der Waals surface area contributed by atoms with Crippen molar-refractivity contribution in [3.63, 3.8) is 0 Å². The van der Waals surface area contributed by atoms with Gasteiger partial charge in [0.2, 0.25) is 0 Å². The zero-order chi connectivity index (χ0) is 13.6. The van der Waals surface area contributed by atoms with E-state index in [1.807, 2.05) is 0 Å². The van der Waals surface area contributed by atoms with Gasteiger partial charge in [0.25, 0.3) is 0 Å². The Labute approximate surface area is 116 Å². The van der Waals surface area contributed by atoms with Crippen LogP contribution >= 0.6 is 7.60 Å². The maximum absolute atomic E-state index is 12.2. The molecule has 0 saturated carbocycles. The fraction of sp³-hybridized carbons (Fsp3) is 0.733. The first kappa shape index (κ1) is 15.0. The molecule has 0 amide bonds. The van der Waals surface area contributed by atoms with Crippen LogP contribution in [0.4, 0.5) is 0 Å². The van der Waals surface area contributed by atoms with E-state index in [2.05, 4.69) is 24.3 Å². The zero-order valence-electron chi connectivity index (χ0n) is 11.8. The highest BCUT2D eigenvalue weighted by molar-refractivity contribution is 7.52. The van der Waals surface area contributed by atoms with Gasteiger partial charge in [-0.05, 0) is 50.4 Å². The predicted molar refractivity (Wildman–Crippen MR) is 78.4 cm³/mol. The summed E-state index contributed by atoms with van der Waals surface area (Å²) < 4.78 is 23.3. The van der Waals surface area contributed by atoms with Gasteiger partial charge in [-0.1, -0.05) is 24.3 Å². The van der Waals surface area contributed by atoms with Crippen LogP contribution in [-0.4, -0.2) is 19.9 Å². The minimum absolute atomic E-state index is 0.500. The summed E-state index contributed by atoms with van der Waals surface area (Å²) in [6, 6.07) is 0. The average molecular weight is 284 g/mol. The van der Waals surface area contributed by atoms with Crippen LogP contribution in [0.25, 0.3) is 0 Å². The van der Waals surface area contributed by atoms with Crippen LogP contribution in [0.1, 0.15) is 38.5 Å². The van der Waals surface area contributed by atoms with Gasteiger partial charge in [-0.25, -0.2) is 0 Å². The molecule has 2 aliphatic rings. The molecule has 2 rings (SSSR count). The lowest BCUT2D eigenvalue weighted by Gasteiger charge is -2.23. The maximum Gasteiger partial charge on any atom is 0.327 e. The molecule has 0 aliphatic heterocycles. The van der Waals surface area contributed by atoms with Crippen molar-refractivity contribution in [2.24, 2.45) is 11.8 Å². The minimum atomic E-state index is -2.87. The second kappa shape index (κ2) is 7.42. The number of allylic oxidation sites excluding steroid dienone is 4. The van der Waals surface area contributed by atoms with Gasteiger partial charge >= 0.3 is 7.60 Å². The van der Waals surface area contributed by atoms with Gasteiger partial charge in [0.05, 0.1) is 13.2 Å². The van der Waals surface area contributed by atoms with E-state index < -0.39 is 7.60 Å². The number of hydrogen-bond donors (Lipinski definition) is 0. The maximum atomic E-state index is 12.2. The lowest BCUT2D eigenvalue weighted by atomic mass is 9.96. The third kappa shape index (κ3) is 5.64. The highest BCUT2D eigenvalue weighted by Gasteiger charge is 2.22. The third-order valence-corrected chi connectivity index (χ3v) is 5.08. The first-order chi connectivity index (χ1) is 9.16. The van der Waals surface area contributed by atoms with Crippen LogP contribution < -0.4 is 0 Å². The Bertz CT molecular complexity index is 344. The smallest absolute Gasteiger partial charge is 0.308 e. The molecule has 19 heavy (non-hydrogen) atoms. The van der Waals surface area contributed by atoms with Crippen LogP contribution in [0.2, 0.25) is 0 Å². The van der Waals surface area contributed by atoms with Crippen molar-refractivity contribution in [3.05, 3.63) is 24.3 Å². The van der Waals surface area contributed by atoms with Crippen molar-refractivity contribution in [2.45, 2.75) is 38.5 Å². The lowest BCUT2D eigenvalue weighted by Crippen LogP contribution is -2.13. The summed E-state index contributed by atoms with van der Waals surface area (Å²) >= 11 is 0. The summed E-state index contributed by atoms with van der Waals surface area (Å²) in [6.45, 7) is 2.72. The second-order valence-electron chi connectivity index (χ2n) is 5.66. The van der Waals surface area contributed by atoms with E-state index in [1.165, 1.54) is 0 Å². The monoisotopic (exact) mass is 284 g/mol. The molecule has 4 heteroatoms. The van der Waals surface area contributed by atoms with Crippen molar-refractivity contribution in [2.75, 3.05) is 19.9 Å². The van der Waals surface area contributed by atoms with Gasteiger partial charge < -0.3 is 9.05 Å². The van der Waals surface area contributed by atoms with Gasteiger partial charge in [-0.3, -0.25) is 4.57 Å². The van der Waals surface area contributed by atoms with Crippen LogP contribution in [0.5, 0.6) is 0 Å². The molecule has 2 unspecified atom stereocenters. The zero-order valence-corrected chi connectivity index (χ0v) is 12.7. The predicted octanol–water partition coefficient (Wildman–Crippen LogP) is 4.56. The van der Waals surface area contributed by atoms with E-state index >= 15 is 0 Å². The molecule has 0 aromatic heterocycles. The van der Waals surface area contributed by atoms with E-state index in [0.717, 1.165) is 38.5 Å². The average Bonchev–Trinajstić information content (AvgIpc) is 2.46. The van der Waals surface area contributed by atoms with Crippen molar-refractivity contribution in [1.29, 1.82) is 0 Å². The Balaban J connectivity index is 1.67. The molecule has 108 valence electrons. The third-order valence-electron chi connectivity index (χ3n) is 3.84. The SMILES string of the molecule is CP(=O)(OCC1CC=CCC1)OCC1CC=CCC1. The van der Waals surface area contributed by atoms with Gasteiger partial charge in [-0.2, -0.15) is 0 Å². The van der Waals surface area contributed by atoms with Crippen molar-refractivity contribution in [1.82, 2.24) is 0 Å². The lowest BCUT2D eigenvalue weighted by molar-refractivity contribution is 0.157. The quantitative estimate of drug-likeness (QED) is 0.530. The molecule has 0 fully saturated rings. The summed E-state index contributed by atoms with van der Waals surface area (Å²) in [7, 11) is -2.87. The normalized spacial score (nSPS) is 30.2. The summed E-state index contributed by atoms with van der Waals surface area (Å²) in [4.78, 5) is 0. The van der Waals surface area contributed by atoms with Crippen molar-refractivity contribution in [3.8, 4) is 0 Å². The molecule has 0 N–H and O–H groups in total. The van der Waals surface area contributed by atoms with Crippen LogP contribution in [0, 0.1) is 11.8 Å². The molecule has 0 spiro atoms. The molecule has 0 bridgehead atoms. The molecule has 2 atom stereocenters. The molecule has 0 aromatic rings. The Morgan fingerprint density at radius 1 is 0.947 bits per heavy atom. The fourth-order valence-electron chi connectivity index (χ4n) is 2.53. The number of rotatable bonds is 6. The molecule has 2 aliphatic carbocycles. The summed E-state index contributed by atoms with van der Waals surface area (Å²) in [5, 5.41) is 0. The molecule has 0 saturated heterocycles. The standard InChI is InChI=1S/C15H25O3P/c1-19(16,17-12-14-8-4-2-5-9-14)18-13-15-10-6-3-7-11-15/h2-4,6,14-15H,5,7-13H2,1H3. The topological polar surface area (TPSA) is 35.5 Å². The highest BCUT2D eigenvalue weighted by Crippen LogP contribution is 2.45. The van der Waals surface area contributed by atoms with Gasteiger partial charge in [0, 0.05) is 6.66 Å². The molecule has 0 heterocycles. The Hall–Kier alpha value is -0.370. The second-order valence-corrected chi connectivity index (χ2v) is 7.72. The van der Waals surface area contributed by atoms with E-state index in [4.69, 9.17) is 9.05 Å². The largest absolute Gasteiger partial charge is 0.327 e. The summed E-state index contributed by atoms with van der Waals surface area (Å²) in [6.07, 6.45) is 15.3. The van der Waals surface area contributed by atoms with Crippen LogP contribution in [0.15, 0.2) is 24.3 Å². The first-order valence-electron chi connectivity index (χ1n) is 7.32. The Morgan fingerprint density at radius 2 is 1.42 bits per heavy atom. The highest BCUT2D eigenvalue weighted by atomic mass is 31.2. The van der Waals surface area contributed by atoms with E-state index in [1.54, 1.807) is 6.66 Å². The van der Waals surface area contributed by atoms with Crippen molar-refractivity contribution < 1.29 is 13.6 Å². The summed E-state index contributed by atoms with van der Waals surface area (Å²) in [5.41, 5.74) is 0. The summed E-state index contributed by atoms with van der Waals surface area (Å²) in [5.74, 6) is 0.999. The fourth-order valence-corrected chi connectivity index (χ4v) is 3.57. The molecule has 0 aromatic carbocycles. The van der Waals surface area contributed by atoms with E-state index in [9.17, 15) is 4.57 Å². The van der Waals surface area contributed by atoms with Crippen LogP contribution in [-0.2, 0) is 13.6 Å². The van der Waals surface area contributed by atoms with Gasteiger partial charge in [-0.15, -0.1) is 0 Å². The van der Waals surface area contributed by atoms with E-state index in [-0.39, 0.29) is 0 Å². The van der Waals surface area contributed by atoms with Crippen molar-refractivity contribution >= 4 is 7.60 Å². The van der Waals surface area contributed by atoms with E-state index in [0.29, 0.717) is 25.0 Å². The first-order valence-corrected chi connectivity index (χ1v) is 9.31.